The zero-order chi connectivity index (χ0) is 13.6. The van der Waals surface area contributed by atoms with Crippen LogP contribution in [0.1, 0.15) is 40.5 Å². The van der Waals surface area contributed by atoms with Gasteiger partial charge in [-0.25, -0.2) is 0 Å². The Morgan fingerprint density at radius 2 is 1.12 bits per heavy atom. The second kappa shape index (κ2) is 6.67. The average Bonchev–Trinajstić information content (AvgIpc) is 2.38. The van der Waals surface area contributed by atoms with Gasteiger partial charge in [0.15, 0.2) is 0 Å². The topological polar surface area (TPSA) is 80.9 Å². The minimum absolute atomic E-state index is 0.143. The molecule has 17 heavy (non-hydrogen) atoms. The molecule has 4 heteroatoms. The van der Waals surface area contributed by atoms with Crippen molar-refractivity contribution in [2.45, 2.75) is 40.5 Å². The molecule has 0 atom stereocenters. The molecule has 100 valence electrons. The molecular weight excluding hydrogens is 220 g/mol. The van der Waals surface area contributed by atoms with E-state index >= 15 is 0 Å². The van der Waals surface area contributed by atoms with Crippen LogP contribution in [-0.4, -0.2) is 33.6 Å². The normalized spacial score (nSPS) is 15.4. The largest absolute Gasteiger partial charge is 0.511 e. The predicted molar refractivity (Wildman–Crippen MR) is 67.8 cm³/mol. The average molecular weight is 244 g/mol. The first-order chi connectivity index (χ1) is 7.91. The van der Waals surface area contributed by atoms with Crippen molar-refractivity contribution in [2.75, 3.05) is 13.2 Å². The molecule has 0 aliphatic heterocycles. The number of aliphatic hydroxyl groups is 4. The van der Waals surface area contributed by atoms with Crippen LogP contribution >= 0.6 is 0 Å². The van der Waals surface area contributed by atoms with E-state index in [0.29, 0.717) is 24.0 Å². The van der Waals surface area contributed by atoms with E-state index in [1.165, 1.54) is 0 Å². The van der Waals surface area contributed by atoms with Crippen molar-refractivity contribution >= 4 is 0 Å². The molecule has 0 aromatic carbocycles. The predicted octanol–water partition coefficient (Wildman–Crippen LogP) is 2.44. The van der Waals surface area contributed by atoms with E-state index in [9.17, 15) is 20.4 Å². The van der Waals surface area contributed by atoms with Gasteiger partial charge in [-0.2, -0.15) is 0 Å². The van der Waals surface area contributed by atoms with Crippen molar-refractivity contribution in [1.29, 1.82) is 0 Å². The monoisotopic (exact) mass is 244 g/mol. The second-order valence-corrected chi connectivity index (χ2v) is 4.36. The standard InChI is InChI=1S/C13H24O4/c1-5-9(3)11(16)13(7-14,8-15)12(17)10(4)6-2/h14-17H,5-8H2,1-4H3. The molecule has 4 nitrogen and oxygen atoms in total. The van der Waals surface area contributed by atoms with Gasteiger partial charge >= 0.3 is 0 Å². The first-order valence-electron chi connectivity index (χ1n) is 5.91. The number of hydrogen-bond donors (Lipinski definition) is 4. The lowest BCUT2D eigenvalue weighted by Crippen LogP contribution is -2.36. The van der Waals surface area contributed by atoms with E-state index in [1.807, 2.05) is 13.8 Å². The van der Waals surface area contributed by atoms with Gasteiger partial charge in [-0.05, 0) is 37.8 Å². The summed E-state index contributed by atoms with van der Waals surface area (Å²) in [4.78, 5) is 0. The Balaban J connectivity index is 5.79. The molecule has 0 aromatic heterocycles. The Kier molecular flexibility index (Phi) is 6.27. The van der Waals surface area contributed by atoms with Gasteiger partial charge in [-0.1, -0.05) is 13.8 Å². The molecule has 0 aliphatic carbocycles. The molecule has 0 bridgehead atoms. The fourth-order valence-corrected chi connectivity index (χ4v) is 1.61. The highest BCUT2D eigenvalue weighted by molar-refractivity contribution is 5.28. The van der Waals surface area contributed by atoms with Crippen LogP contribution in [0.3, 0.4) is 0 Å². The first-order valence-corrected chi connectivity index (χ1v) is 5.91. The number of allylic oxidation sites excluding steroid dienone is 2. The van der Waals surface area contributed by atoms with Crippen LogP contribution in [0.5, 0.6) is 0 Å². The summed E-state index contributed by atoms with van der Waals surface area (Å²) in [5.41, 5.74) is -0.188. The van der Waals surface area contributed by atoms with Crippen molar-refractivity contribution < 1.29 is 20.4 Å². The highest BCUT2D eigenvalue weighted by Crippen LogP contribution is 2.36. The van der Waals surface area contributed by atoms with Gasteiger partial charge in [-0.15, -0.1) is 0 Å². The number of aliphatic hydroxyl groups excluding tert-OH is 4. The summed E-state index contributed by atoms with van der Waals surface area (Å²) in [7, 11) is 0. The second-order valence-electron chi connectivity index (χ2n) is 4.36. The van der Waals surface area contributed by atoms with Crippen LogP contribution in [-0.2, 0) is 0 Å². The Morgan fingerprint density at radius 3 is 1.29 bits per heavy atom. The van der Waals surface area contributed by atoms with Gasteiger partial charge in [0, 0.05) is 0 Å². The molecule has 0 radical (unpaired) electrons. The molecule has 0 spiro atoms. The fourth-order valence-electron chi connectivity index (χ4n) is 1.61. The molecule has 0 aromatic rings. The summed E-state index contributed by atoms with van der Waals surface area (Å²) >= 11 is 0. The van der Waals surface area contributed by atoms with Crippen LogP contribution in [0.15, 0.2) is 22.7 Å². The van der Waals surface area contributed by atoms with Crippen molar-refractivity contribution in [2.24, 2.45) is 5.41 Å². The van der Waals surface area contributed by atoms with E-state index in [-0.39, 0.29) is 11.5 Å². The lowest BCUT2D eigenvalue weighted by Gasteiger charge is -2.31. The summed E-state index contributed by atoms with van der Waals surface area (Å²) in [6.45, 7) is 6.08. The van der Waals surface area contributed by atoms with Crippen molar-refractivity contribution in [3.63, 3.8) is 0 Å². The molecular formula is C13H24O4. The van der Waals surface area contributed by atoms with E-state index in [2.05, 4.69) is 0 Å². The zero-order valence-corrected chi connectivity index (χ0v) is 11.1. The smallest absolute Gasteiger partial charge is 0.130 e. The number of hydrogen-bond acceptors (Lipinski definition) is 4. The third-order valence-corrected chi connectivity index (χ3v) is 3.32. The van der Waals surface area contributed by atoms with Gasteiger partial charge in [0.05, 0.1) is 13.2 Å². The SMILES string of the molecule is CCC(C)=C(O)C(CO)(CO)C(O)=C(C)CC. The zero-order valence-electron chi connectivity index (χ0n) is 11.1. The minimum Gasteiger partial charge on any atom is -0.511 e. The van der Waals surface area contributed by atoms with Gasteiger partial charge in [0.25, 0.3) is 0 Å². The quantitative estimate of drug-likeness (QED) is 0.541. The Bertz CT molecular complexity index is 283. The van der Waals surface area contributed by atoms with Gasteiger partial charge < -0.3 is 20.4 Å². The fraction of sp³-hybridized carbons (Fsp3) is 0.692. The molecule has 0 saturated heterocycles. The molecule has 0 unspecified atom stereocenters. The van der Waals surface area contributed by atoms with Crippen LogP contribution in [0.25, 0.3) is 0 Å². The molecule has 4 N–H and O–H groups in total. The van der Waals surface area contributed by atoms with E-state index in [1.54, 1.807) is 13.8 Å². The summed E-state index contributed by atoms with van der Waals surface area (Å²) in [6, 6.07) is 0. The molecule has 0 rings (SSSR count). The van der Waals surface area contributed by atoms with Crippen LogP contribution < -0.4 is 0 Å². The summed E-state index contributed by atoms with van der Waals surface area (Å²) in [6.07, 6.45) is 1.18. The van der Waals surface area contributed by atoms with E-state index < -0.39 is 18.6 Å². The highest BCUT2D eigenvalue weighted by Gasteiger charge is 2.40. The lowest BCUT2D eigenvalue weighted by molar-refractivity contribution is 0.0421. The van der Waals surface area contributed by atoms with Crippen LogP contribution in [0.4, 0.5) is 0 Å². The maximum Gasteiger partial charge on any atom is 0.130 e. The summed E-state index contributed by atoms with van der Waals surface area (Å²) in [5, 5.41) is 39.1. The summed E-state index contributed by atoms with van der Waals surface area (Å²) in [5.74, 6) is -0.286. The number of rotatable bonds is 6. The Labute approximate surface area is 103 Å². The van der Waals surface area contributed by atoms with Gasteiger partial charge in [0.1, 0.15) is 16.9 Å². The van der Waals surface area contributed by atoms with E-state index in [4.69, 9.17) is 0 Å². The highest BCUT2D eigenvalue weighted by atomic mass is 16.3. The van der Waals surface area contributed by atoms with Crippen LogP contribution in [0, 0.1) is 5.41 Å². The molecule has 0 aliphatic rings. The van der Waals surface area contributed by atoms with Crippen molar-refractivity contribution in [3.05, 3.63) is 22.7 Å². The lowest BCUT2D eigenvalue weighted by atomic mass is 9.80. The van der Waals surface area contributed by atoms with Crippen molar-refractivity contribution in [1.82, 2.24) is 0 Å². The Hall–Kier alpha value is -1.00. The molecule has 0 fully saturated rings. The maximum absolute atomic E-state index is 10.1. The third-order valence-electron chi connectivity index (χ3n) is 3.32. The van der Waals surface area contributed by atoms with Gasteiger partial charge in [-0.3, -0.25) is 0 Å². The Morgan fingerprint density at radius 1 is 0.824 bits per heavy atom. The summed E-state index contributed by atoms with van der Waals surface area (Å²) < 4.78 is 0. The van der Waals surface area contributed by atoms with E-state index in [0.717, 1.165) is 0 Å². The van der Waals surface area contributed by atoms with Crippen LogP contribution in [0.2, 0.25) is 0 Å². The minimum atomic E-state index is -1.47. The molecule has 0 saturated carbocycles. The molecule has 0 amide bonds. The third kappa shape index (κ3) is 3.01. The maximum atomic E-state index is 10.1. The molecule has 0 heterocycles. The first kappa shape index (κ1) is 16.0. The van der Waals surface area contributed by atoms with Gasteiger partial charge in [0.2, 0.25) is 0 Å². The van der Waals surface area contributed by atoms with Crippen molar-refractivity contribution in [3.8, 4) is 0 Å².